The molecule has 3 fully saturated rings. The van der Waals surface area contributed by atoms with Crippen molar-refractivity contribution in [2.24, 2.45) is 0 Å². The normalized spacial score (nSPS) is 16.6. The van der Waals surface area contributed by atoms with E-state index >= 15 is 4.39 Å². The van der Waals surface area contributed by atoms with Gasteiger partial charge in [0.1, 0.15) is 61.9 Å². The van der Waals surface area contributed by atoms with Gasteiger partial charge in [-0.1, -0.05) is 212 Å². The zero-order chi connectivity index (χ0) is 104. The highest BCUT2D eigenvalue weighted by Gasteiger charge is 2.42. The Hall–Kier alpha value is -11.3. The summed E-state index contributed by atoms with van der Waals surface area (Å²) >= 11 is 84.4. The molecule has 9 aromatic heterocycles. The van der Waals surface area contributed by atoms with E-state index in [-0.39, 0.29) is 224 Å². The van der Waals surface area contributed by atoms with Crippen molar-refractivity contribution in [1.29, 1.82) is 15.8 Å². The van der Waals surface area contributed by atoms with Crippen molar-refractivity contribution in [1.82, 2.24) is 58.3 Å². The number of aryl methyl sites for hydroxylation is 3. The number of hydrogen-bond donors (Lipinski definition) is 3. The van der Waals surface area contributed by atoms with Gasteiger partial charge in [0.2, 0.25) is 17.7 Å². The average Bonchev–Trinajstić information content (AvgIpc) is 0.725. The number of nitrogens with zero attached hydrogens (tertiary/aromatic N) is 18. The van der Waals surface area contributed by atoms with Crippen LogP contribution in [0.5, 0.6) is 0 Å². The van der Waals surface area contributed by atoms with Gasteiger partial charge in [0.25, 0.3) is 16.7 Å². The van der Waals surface area contributed by atoms with Crippen molar-refractivity contribution >= 4 is 236 Å². The molecule has 3 amide bonds. The summed E-state index contributed by atoms with van der Waals surface area (Å²) in [6.45, 7) is 41.1. The number of aromatic nitrogens is 9. The first-order chi connectivity index (χ1) is 66.5. The summed E-state index contributed by atoms with van der Waals surface area (Å²) in [7, 11) is 0. The number of halogens is 15. The van der Waals surface area contributed by atoms with Crippen LogP contribution in [-0.4, -0.2) is 152 Å². The maximum Gasteiger partial charge on any atom is 0.276 e. The molecule has 42 heteroatoms. The summed E-state index contributed by atoms with van der Waals surface area (Å²) in [5, 5.41) is 31.0. The molecular formula is C99H90Cl13F2N21O6. The van der Waals surface area contributed by atoms with E-state index in [0.717, 1.165) is 11.1 Å². The van der Waals surface area contributed by atoms with E-state index in [4.69, 9.17) is 183 Å². The van der Waals surface area contributed by atoms with Crippen molar-refractivity contribution in [2.45, 2.75) is 158 Å². The van der Waals surface area contributed by atoms with Gasteiger partial charge in [-0.2, -0.15) is 15.8 Å². The molecule has 0 radical (unpaired) electrons. The maximum absolute atomic E-state index is 15.6. The minimum absolute atomic E-state index is 0.00155. The van der Waals surface area contributed by atoms with Gasteiger partial charge in [-0.05, 0) is 151 Å². The molecule has 0 bridgehead atoms. The molecule has 3 aliphatic rings. The summed E-state index contributed by atoms with van der Waals surface area (Å²) in [5.41, 5.74) is 22.4. The second-order valence-corrected chi connectivity index (χ2v) is 40.3. The van der Waals surface area contributed by atoms with Crippen molar-refractivity contribution in [2.75, 3.05) is 71.2 Å². The second-order valence-electron chi connectivity index (χ2n) is 35.3. The molecule has 0 spiro atoms. The Kier molecular flexibility index (Phi) is 32.1. The number of piperazine rings is 3. The van der Waals surface area contributed by atoms with E-state index in [2.05, 4.69) is 52.9 Å². The van der Waals surface area contributed by atoms with Crippen LogP contribution in [0.3, 0.4) is 0 Å². The fraction of sp³-hybridized carbons (Fsp3) is 0.303. The summed E-state index contributed by atoms with van der Waals surface area (Å²) in [4.78, 5) is 121. The molecule has 6 atom stereocenters. The Morgan fingerprint density at radius 2 is 0.624 bits per heavy atom. The number of nitrogen functional groups attached to an aromatic ring is 3. The molecule has 0 unspecified atom stereocenters. The highest BCUT2D eigenvalue weighted by molar-refractivity contribution is 6.55. The van der Waals surface area contributed by atoms with Crippen LogP contribution in [0.25, 0.3) is 83.9 Å². The third-order valence-electron chi connectivity index (χ3n) is 25.0. The Bertz CT molecular complexity index is 6860. The standard InChI is InChI=1S/2C33H30Cl5N7O2.C33H30Cl3F2N7O2/c2*1-7-21(46)44-16(5)12-43(13-17(44)6)31-18-10-20(34)29(22-23(35)24(36)25(37)26(38)27(22)40)42-32(18)45(33(47)19(31)11-39)30-15(4)8-9-41-28(30)14(2)3;1-7-21(46)44-16(5)12-43(13-17(44)6)31-18-10-20(34)29(22-25(37)23(35)26(38)24(36)27(22)40)42-32(18)45(33(47)19(31)11-39)30-15(4)8-9-41-28(30)14(2)3/h3*7-10,14,16-17H,1,12-13,40H2,2-6H3/t3*16-,17+. The van der Waals surface area contributed by atoms with Gasteiger partial charge in [0, 0.05) is 121 Å². The maximum atomic E-state index is 15.6. The lowest BCUT2D eigenvalue weighted by Crippen LogP contribution is -2.58. The van der Waals surface area contributed by atoms with E-state index in [1.54, 1.807) is 70.5 Å². The van der Waals surface area contributed by atoms with E-state index in [9.17, 15) is 48.9 Å². The minimum atomic E-state index is -1.24. The Morgan fingerprint density at radius 3 is 0.865 bits per heavy atom. The van der Waals surface area contributed by atoms with Crippen LogP contribution in [0.2, 0.25) is 65.3 Å². The van der Waals surface area contributed by atoms with Crippen LogP contribution < -0.4 is 48.6 Å². The van der Waals surface area contributed by atoms with Crippen molar-refractivity contribution in [3.8, 4) is 69.0 Å². The van der Waals surface area contributed by atoms with E-state index in [1.165, 1.54) is 38.0 Å². The summed E-state index contributed by atoms with van der Waals surface area (Å²) in [6.07, 6.45) is 8.75. The monoisotopic (exact) mass is 2160 g/mol. The van der Waals surface area contributed by atoms with Crippen LogP contribution in [0.15, 0.2) is 107 Å². The number of nitriles is 3. The molecule has 0 aliphatic carbocycles. The van der Waals surface area contributed by atoms with Crippen LogP contribution in [0.4, 0.5) is 42.9 Å². The van der Waals surface area contributed by atoms with Crippen molar-refractivity contribution in [3.05, 3.63) is 251 Å². The number of anilines is 6. The average molecular weight is 2170 g/mol. The van der Waals surface area contributed by atoms with Crippen molar-refractivity contribution < 1.29 is 23.2 Å². The van der Waals surface area contributed by atoms with E-state index < -0.39 is 49.6 Å². The number of fused-ring (bicyclic) bond motifs is 3. The van der Waals surface area contributed by atoms with Gasteiger partial charge < -0.3 is 46.6 Å². The quantitative estimate of drug-likeness (QED) is 0.0371. The van der Waals surface area contributed by atoms with Gasteiger partial charge in [-0.25, -0.2) is 23.7 Å². The molecule has 732 valence electrons. The molecule has 3 aliphatic heterocycles. The van der Waals surface area contributed by atoms with Crippen molar-refractivity contribution in [3.63, 3.8) is 0 Å². The third-order valence-corrected chi connectivity index (χ3v) is 30.2. The topological polar surface area (TPSA) is 363 Å². The van der Waals surface area contributed by atoms with Gasteiger partial charge in [-0.15, -0.1) is 0 Å². The zero-order valence-corrected chi connectivity index (χ0v) is 88.2. The second kappa shape index (κ2) is 42.3. The lowest BCUT2D eigenvalue weighted by molar-refractivity contribution is -0.131. The molecule has 12 aromatic rings. The largest absolute Gasteiger partial charge is 0.397 e. The predicted molar refractivity (Wildman–Crippen MR) is 565 cm³/mol. The molecule has 3 aromatic carbocycles. The number of pyridine rings is 9. The fourth-order valence-corrected chi connectivity index (χ4v) is 21.9. The first-order valence-corrected chi connectivity index (χ1v) is 48.8. The van der Waals surface area contributed by atoms with Gasteiger partial charge in [-0.3, -0.25) is 57.4 Å². The number of hydrogen-bond acceptors (Lipinski definition) is 21. The lowest BCUT2D eigenvalue weighted by Gasteiger charge is -2.45. The molecule has 0 saturated carbocycles. The summed E-state index contributed by atoms with van der Waals surface area (Å²) < 4.78 is 34.2. The Labute approximate surface area is 875 Å². The van der Waals surface area contributed by atoms with E-state index in [1.807, 2.05) is 112 Å². The summed E-state index contributed by atoms with van der Waals surface area (Å²) in [6, 6.07) is 14.6. The number of rotatable bonds is 15. The molecule has 6 N–H and O–H groups in total. The highest BCUT2D eigenvalue weighted by Crippen LogP contribution is 2.54. The predicted octanol–water partition coefficient (Wildman–Crippen LogP) is 23.6. The van der Waals surface area contributed by atoms with E-state index in [0.29, 0.717) is 88.0 Å². The molecule has 27 nitrogen and oxygen atoms in total. The number of benzene rings is 3. The SMILES string of the molecule is C=CC(=O)N1[C@H](C)CN(c2c(C#N)c(=O)n(-c3c(C)ccnc3C(C)C)c3nc(-c4c(N)c(Cl)c(Cl)c(Cl)c4Cl)c(Cl)cc23)C[C@@H]1C.C=CC(=O)N1[C@H](C)CN(c2c(C#N)c(=O)n(-c3c(C)ccnc3C(C)C)c3nc(-c4c(N)c(Cl)c(Cl)c(Cl)c4Cl)c(Cl)cc23)C[C@@H]1C.C=CC(=O)N1[C@H](C)CN(c2c(C#N)c(=O)n(-c3c(C)ccnc3C(C)C)c3nc(-c4c(N)c(Cl)c(F)c(Cl)c4F)c(Cl)cc23)C[C@@H]1C. The molecule has 12 heterocycles. The number of nitrogens with two attached hydrogens (primary N) is 3. The molecular weight excluding hydrogens is 2080 g/mol. The van der Waals surface area contributed by atoms with Crippen LogP contribution in [-0.2, 0) is 14.4 Å². The van der Waals surface area contributed by atoms with Crippen LogP contribution in [0.1, 0.15) is 151 Å². The molecule has 3 saturated heterocycles. The highest BCUT2D eigenvalue weighted by atomic mass is 35.5. The van der Waals surface area contributed by atoms with Gasteiger partial charge in [0.15, 0.2) is 11.6 Å². The fourth-order valence-electron chi connectivity index (χ4n) is 18.9. The first kappa shape index (κ1) is 107. The van der Waals surface area contributed by atoms with Crippen LogP contribution in [0, 0.1) is 66.4 Å². The number of carbonyl (C=O) groups excluding carboxylic acids is 3. The first-order valence-electron chi connectivity index (χ1n) is 43.9. The van der Waals surface area contributed by atoms with Crippen LogP contribution >= 0.6 is 151 Å². The Balaban J connectivity index is 0.000000178. The molecule has 141 heavy (non-hydrogen) atoms. The zero-order valence-electron chi connectivity index (χ0n) is 78.4. The number of carbonyl (C=O) groups is 3. The lowest BCUT2D eigenvalue weighted by atomic mass is 10.0. The summed E-state index contributed by atoms with van der Waals surface area (Å²) in [5.74, 6) is -3.50. The number of amides is 3. The minimum Gasteiger partial charge on any atom is -0.397 e. The Morgan fingerprint density at radius 1 is 0.383 bits per heavy atom. The molecule has 15 rings (SSSR count). The smallest absolute Gasteiger partial charge is 0.276 e. The third kappa shape index (κ3) is 18.9. The van der Waals surface area contributed by atoms with Gasteiger partial charge >= 0.3 is 0 Å². The van der Waals surface area contributed by atoms with Gasteiger partial charge in [0.05, 0.1) is 146 Å².